The molecule has 0 aromatic heterocycles. The fraction of sp³-hybridized carbons (Fsp3) is 1.00. The summed E-state index contributed by atoms with van der Waals surface area (Å²) in [6.07, 6.45) is 2.23. The highest BCUT2D eigenvalue weighted by Crippen LogP contribution is 2.59. The molecule has 2 unspecified atom stereocenters. The molecule has 0 aromatic carbocycles. The summed E-state index contributed by atoms with van der Waals surface area (Å²) in [4.78, 5) is 0. The van der Waals surface area contributed by atoms with Gasteiger partial charge in [-0.2, -0.15) is 0 Å². The molecule has 2 atom stereocenters. The van der Waals surface area contributed by atoms with Crippen LogP contribution in [0.5, 0.6) is 0 Å². The average Bonchev–Trinajstić information content (AvgIpc) is 2.94. The Morgan fingerprint density at radius 1 is 1.23 bits per heavy atom. The minimum Gasteiger partial charge on any atom is -0.377 e. The van der Waals surface area contributed by atoms with Crippen LogP contribution in [0.25, 0.3) is 0 Å². The van der Waals surface area contributed by atoms with Crippen LogP contribution in [0.15, 0.2) is 0 Å². The van der Waals surface area contributed by atoms with E-state index in [0.717, 1.165) is 19.4 Å². The van der Waals surface area contributed by atoms with Crippen LogP contribution in [0.3, 0.4) is 0 Å². The predicted octanol–water partition coefficient (Wildman–Crippen LogP) is 0.797. The van der Waals surface area contributed by atoms with E-state index >= 15 is 0 Å². The Kier molecular flexibility index (Phi) is 2.24. The SMILES string of the molecule is CO[Si](OC)(OC)C1CCC12CO2. The summed E-state index contributed by atoms with van der Waals surface area (Å²) in [5.41, 5.74) is 0.411. The second kappa shape index (κ2) is 3.03. The molecule has 0 amide bonds. The van der Waals surface area contributed by atoms with E-state index in [2.05, 4.69) is 0 Å². The summed E-state index contributed by atoms with van der Waals surface area (Å²) in [5.74, 6) is 0. The van der Waals surface area contributed by atoms with Crippen LogP contribution < -0.4 is 0 Å². The van der Waals surface area contributed by atoms with E-state index in [1.54, 1.807) is 21.3 Å². The van der Waals surface area contributed by atoms with Crippen LogP contribution in [0.1, 0.15) is 12.8 Å². The highest BCUT2D eigenvalue weighted by Gasteiger charge is 2.69. The van der Waals surface area contributed by atoms with Crippen molar-refractivity contribution in [1.29, 1.82) is 0 Å². The molecule has 0 N–H and O–H groups in total. The third-order valence-electron chi connectivity index (χ3n) is 3.29. The van der Waals surface area contributed by atoms with Gasteiger partial charge in [-0.25, -0.2) is 0 Å². The Hall–Kier alpha value is 0.0569. The quantitative estimate of drug-likeness (QED) is 0.501. The monoisotopic (exact) mass is 204 g/mol. The van der Waals surface area contributed by atoms with Gasteiger partial charge < -0.3 is 18.0 Å². The molecule has 1 spiro atoms. The molecule has 13 heavy (non-hydrogen) atoms. The zero-order valence-corrected chi connectivity index (χ0v) is 9.33. The average molecular weight is 204 g/mol. The standard InChI is InChI=1S/C8H16O4Si/c1-9-13(10-2,11-3)7-4-5-8(7)6-12-8/h7H,4-6H2,1-3H3. The third-order valence-corrected chi connectivity index (χ3v) is 6.66. The number of ether oxygens (including phenoxy) is 1. The van der Waals surface area contributed by atoms with Crippen LogP contribution >= 0.6 is 0 Å². The van der Waals surface area contributed by atoms with Gasteiger partial charge in [0.25, 0.3) is 0 Å². The molecule has 1 aliphatic carbocycles. The Bertz CT molecular complexity index is 192. The van der Waals surface area contributed by atoms with E-state index < -0.39 is 8.80 Å². The molecule has 0 radical (unpaired) electrons. The van der Waals surface area contributed by atoms with Crippen LogP contribution in [-0.4, -0.2) is 42.3 Å². The van der Waals surface area contributed by atoms with Crippen molar-refractivity contribution in [3.63, 3.8) is 0 Å². The number of hydrogen-bond acceptors (Lipinski definition) is 4. The molecule has 0 bridgehead atoms. The van der Waals surface area contributed by atoms with Gasteiger partial charge in [0.2, 0.25) is 0 Å². The van der Waals surface area contributed by atoms with Crippen LogP contribution in [0.2, 0.25) is 5.54 Å². The van der Waals surface area contributed by atoms with Crippen molar-refractivity contribution in [2.24, 2.45) is 0 Å². The first kappa shape index (κ1) is 9.61. The molecule has 1 heterocycles. The van der Waals surface area contributed by atoms with Gasteiger partial charge in [-0.1, -0.05) is 0 Å². The van der Waals surface area contributed by atoms with Crippen molar-refractivity contribution < 1.29 is 18.0 Å². The van der Waals surface area contributed by atoms with E-state index in [9.17, 15) is 0 Å². The van der Waals surface area contributed by atoms with Crippen molar-refractivity contribution in [2.45, 2.75) is 24.0 Å². The van der Waals surface area contributed by atoms with E-state index in [4.69, 9.17) is 18.0 Å². The van der Waals surface area contributed by atoms with Gasteiger partial charge in [-0.3, -0.25) is 0 Å². The van der Waals surface area contributed by atoms with Crippen LogP contribution in [0, 0.1) is 0 Å². The first-order valence-electron chi connectivity index (χ1n) is 4.52. The zero-order valence-electron chi connectivity index (χ0n) is 8.33. The highest BCUT2D eigenvalue weighted by molar-refractivity contribution is 6.63. The topological polar surface area (TPSA) is 40.2 Å². The molecule has 1 aliphatic heterocycles. The number of epoxide rings is 1. The second-order valence-corrected chi connectivity index (χ2v) is 6.79. The van der Waals surface area contributed by atoms with Crippen molar-refractivity contribution >= 4 is 8.80 Å². The van der Waals surface area contributed by atoms with E-state index in [1.807, 2.05) is 0 Å². The van der Waals surface area contributed by atoms with Gasteiger partial charge in [0.1, 0.15) is 0 Å². The Morgan fingerprint density at radius 3 is 2.00 bits per heavy atom. The molecule has 1 saturated heterocycles. The van der Waals surface area contributed by atoms with E-state index in [-0.39, 0.29) is 5.60 Å². The maximum atomic E-state index is 5.45. The molecular formula is C8H16O4Si. The Balaban J connectivity index is 2.10. The van der Waals surface area contributed by atoms with Crippen molar-refractivity contribution in [2.75, 3.05) is 27.9 Å². The largest absolute Gasteiger partial charge is 0.506 e. The molecule has 5 heteroatoms. The van der Waals surface area contributed by atoms with Gasteiger partial charge >= 0.3 is 8.80 Å². The van der Waals surface area contributed by atoms with Crippen molar-refractivity contribution in [3.05, 3.63) is 0 Å². The third kappa shape index (κ3) is 1.19. The van der Waals surface area contributed by atoms with Gasteiger partial charge in [0.15, 0.2) is 0 Å². The maximum absolute atomic E-state index is 5.45. The summed E-state index contributed by atoms with van der Waals surface area (Å²) >= 11 is 0. The number of rotatable bonds is 4. The molecule has 1 saturated carbocycles. The lowest BCUT2D eigenvalue weighted by Gasteiger charge is -2.42. The lowest BCUT2D eigenvalue weighted by atomic mass is 9.85. The molecule has 2 aliphatic rings. The van der Waals surface area contributed by atoms with Gasteiger partial charge in [0, 0.05) is 21.3 Å². The minimum atomic E-state index is -2.43. The van der Waals surface area contributed by atoms with Gasteiger partial charge in [-0.15, -0.1) is 0 Å². The van der Waals surface area contributed by atoms with Crippen molar-refractivity contribution in [1.82, 2.24) is 0 Å². The molecule has 0 aromatic rings. The molecule has 4 nitrogen and oxygen atoms in total. The summed E-state index contributed by atoms with van der Waals surface area (Å²) in [6, 6.07) is 0. The fourth-order valence-electron chi connectivity index (χ4n) is 2.22. The molecule has 76 valence electrons. The van der Waals surface area contributed by atoms with E-state index in [0.29, 0.717) is 5.54 Å². The smallest absolute Gasteiger partial charge is 0.377 e. The molecule has 2 fully saturated rings. The first-order chi connectivity index (χ1) is 6.23. The molecule has 2 rings (SSSR count). The van der Waals surface area contributed by atoms with Crippen LogP contribution in [0.4, 0.5) is 0 Å². The first-order valence-corrected chi connectivity index (χ1v) is 6.32. The summed E-state index contributed by atoms with van der Waals surface area (Å²) in [7, 11) is 2.55. The van der Waals surface area contributed by atoms with Gasteiger partial charge in [-0.05, 0) is 12.8 Å². The van der Waals surface area contributed by atoms with Crippen LogP contribution in [-0.2, 0) is 18.0 Å². The Labute approximate surface area is 79.5 Å². The highest BCUT2D eigenvalue weighted by atomic mass is 28.4. The fourth-order valence-corrected chi connectivity index (χ4v) is 5.03. The van der Waals surface area contributed by atoms with Gasteiger partial charge in [0.05, 0.1) is 17.7 Å². The summed E-state index contributed by atoms with van der Waals surface area (Å²) in [5, 5.41) is 0. The lowest BCUT2D eigenvalue weighted by Crippen LogP contribution is -2.56. The normalized spacial score (nSPS) is 37.6. The van der Waals surface area contributed by atoms with E-state index in [1.165, 1.54) is 0 Å². The second-order valence-electron chi connectivity index (χ2n) is 3.66. The lowest BCUT2D eigenvalue weighted by molar-refractivity contribution is 0.0647. The maximum Gasteiger partial charge on any atom is 0.506 e. The number of hydrogen-bond donors (Lipinski definition) is 0. The summed E-state index contributed by atoms with van der Waals surface area (Å²) < 4.78 is 21.7. The zero-order chi connectivity index (χ0) is 9.53. The summed E-state index contributed by atoms with van der Waals surface area (Å²) in [6.45, 7) is 0.850. The van der Waals surface area contributed by atoms with Crippen molar-refractivity contribution in [3.8, 4) is 0 Å². The predicted molar refractivity (Wildman–Crippen MR) is 48.4 cm³/mol. The molecular weight excluding hydrogens is 188 g/mol. The minimum absolute atomic E-state index is 0.0637. The Morgan fingerprint density at radius 2 is 1.77 bits per heavy atom.